The van der Waals surface area contributed by atoms with Crippen LogP contribution in [0.2, 0.25) is 0 Å². The Hall–Kier alpha value is -1.06. The van der Waals surface area contributed by atoms with E-state index in [0.717, 1.165) is 31.4 Å². The van der Waals surface area contributed by atoms with E-state index in [1.807, 2.05) is 13.1 Å². The summed E-state index contributed by atoms with van der Waals surface area (Å²) in [6, 6.07) is 8.28. The van der Waals surface area contributed by atoms with Crippen molar-refractivity contribution in [1.29, 1.82) is 0 Å². The van der Waals surface area contributed by atoms with Gasteiger partial charge in [-0.15, -0.1) is 0 Å². The van der Waals surface area contributed by atoms with E-state index >= 15 is 0 Å². The first kappa shape index (κ1) is 15.3. The van der Waals surface area contributed by atoms with Gasteiger partial charge in [-0.05, 0) is 38.9 Å². The molecule has 1 saturated carbocycles. The van der Waals surface area contributed by atoms with E-state index in [4.69, 9.17) is 4.74 Å². The SMILES string of the molecule is CNCc1ccccc1OCCN(C)CC1CCCC1. The van der Waals surface area contributed by atoms with Crippen molar-refractivity contribution < 1.29 is 4.74 Å². The highest BCUT2D eigenvalue weighted by Crippen LogP contribution is 2.25. The first-order valence-corrected chi connectivity index (χ1v) is 7.83. The van der Waals surface area contributed by atoms with Gasteiger partial charge in [0.1, 0.15) is 12.4 Å². The van der Waals surface area contributed by atoms with Crippen LogP contribution in [0.15, 0.2) is 24.3 Å². The van der Waals surface area contributed by atoms with Gasteiger partial charge < -0.3 is 15.0 Å². The minimum Gasteiger partial charge on any atom is -0.492 e. The smallest absolute Gasteiger partial charge is 0.123 e. The number of hydrogen-bond acceptors (Lipinski definition) is 3. The minimum absolute atomic E-state index is 0.768. The second kappa shape index (κ2) is 8.28. The molecule has 1 aliphatic rings. The zero-order chi connectivity index (χ0) is 14.2. The maximum Gasteiger partial charge on any atom is 0.123 e. The number of ether oxygens (including phenoxy) is 1. The number of rotatable bonds is 8. The van der Waals surface area contributed by atoms with Crippen LogP contribution in [0.25, 0.3) is 0 Å². The summed E-state index contributed by atoms with van der Waals surface area (Å²) in [7, 11) is 4.17. The Labute approximate surface area is 123 Å². The van der Waals surface area contributed by atoms with Crippen LogP contribution < -0.4 is 10.1 Å². The van der Waals surface area contributed by atoms with Crippen LogP contribution in [0.5, 0.6) is 5.75 Å². The van der Waals surface area contributed by atoms with Gasteiger partial charge in [0.2, 0.25) is 0 Å². The summed E-state index contributed by atoms with van der Waals surface area (Å²) in [4.78, 5) is 2.41. The van der Waals surface area contributed by atoms with E-state index < -0.39 is 0 Å². The zero-order valence-electron chi connectivity index (χ0n) is 12.9. The molecule has 1 aromatic carbocycles. The average molecular weight is 276 g/mol. The third-order valence-corrected chi connectivity index (χ3v) is 4.12. The van der Waals surface area contributed by atoms with Crippen LogP contribution in [0.1, 0.15) is 31.2 Å². The molecule has 0 aliphatic heterocycles. The summed E-state index contributed by atoms with van der Waals surface area (Å²) in [5.74, 6) is 1.92. The molecule has 0 spiro atoms. The molecule has 0 unspecified atom stereocenters. The molecular weight excluding hydrogens is 248 g/mol. The highest BCUT2D eigenvalue weighted by atomic mass is 16.5. The molecule has 0 radical (unpaired) electrons. The van der Waals surface area contributed by atoms with Gasteiger partial charge in [-0.25, -0.2) is 0 Å². The largest absolute Gasteiger partial charge is 0.492 e. The van der Waals surface area contributed by atoms with E-state index in [9.17, 15) is 0 Å². The second-order valence-corrected chi connectivity index (χ2v) is 5.90. The third kappa shape index (κ3) is 4.80. The maximum atomic E-state index is 5.94. The normalized spacial score (nSPS) is 15.9. The first-order valence-electron chi connectivity index (χ1n) is 7.83. The minimum atomic E-state index is 0.768. The van der Waals surface area contributed by atoms with Crippen molar-refractivity contribution in [1.82, 2.24) is 10.2 Å². The van der Waals surface area contributed by atoms with Crippen LogP contribution >= 0.6 is 0 Å². The molecule has 112 valence electrons. The molecule has 0 aromatic heterocycles. The Bertz CT molecular complexity index is 388. The number of likely N-dealkylation sites (N-methyl/N-ethyl adjacent to an activating group) is 1. The van der Waals surface area contributed by atoms with E-state index in [1.165, 1.54) is 37.8 Å². The highest BCUT2D eigenvalue weighted by molar-refractivity contribution is 5.33. The van der Waals surface area contributed by atoms with Crippen LogP contribution in [-0.4, -0.2) is 38.7 Å². The third-order valence-electron chi connectivity index (χ3n) is 4.12. The fourth-order valence-electron chi connectivity index (χ4n) is 3.02. The van der Waals surface area contributed by atoms with Crippen molar-refractivity contribution >= 4 is 0 Å². The van der Waals surface area contributed by atoms with Crippen molar-refractivity contribution in [3.63, 3.8) is 0 Å². The van der Waals surface area contributed by atoms with Crippen molar-refractivity contribution in [2.75, 3.05) is 33.8 Å². The Morgan fingerprint density at radius 2 is 2.00 bits per heavy atom. The number of hydrogen-bond donors (Lipinski definition) is 1. The zero-order valence-corrected chi connectivity index (χ0v) is 12.9. The van der Waals surface area contributed by atoms with Gasteiger partial charge in [0.05, 0.1) is 0 Å². The molecule has 0 saturated heterocycles. The van der Waals surface area contributed by atoms with Crippen LogP contribution in [0.3, 0.4) is 0 Å². The monoisotopic (exact) mass is 276 g/mol. The Morgan fingerprint density at radius 1 is 1.25 bits per heavy atom. The molecule has 20 heavy (non-hydrogen) atoms. The molecule has 2 rings (SSSR count). The summed E-state index contributed by atoms with van der Waals surface area (Å²) >= 11 is 0. The lowest BCUT2D eigenvalue weighted by atomic mass is 10.1. The number of nitrogens with one attached hydrogen (secondary N) is 1. The predicted molar refractivity (Wildman–Crippen MR) is 84.2 cm³/mol. The molecule has 1 aromatic rings. The molecule has 3 nitrogen and oxygen atoms in total. The van der Waals surface area contributed by atoms with Crippen molar-refractivity contribution in [3.05, 3.63) is 29.8 Å². The summed E-state index contributed by atoms with van der Waals surface area (Å²) < 4.78 is 5.94. The fraction of sp³-hybridized carbons (Fsp3) is 0.647. The average Bonchev–Trinajstić information content (AvgIpc) is 2.94. The molecule has 0 bridgehead atoms. The molecule has 0 atom stereocenters. The number of nitrogens with zero attached hydrogens (tertiary/aromatic N) is 1. The number of benzene rings is 1. The molecule has 1 aliphatic carbocycles. The van der Waals surface area contributed by atoms with E-state index in [1.54, 1.807) is 0 Å². The summed E-state index contributed by atoms with van der Waals surface area (Å²) in [5.41, 5.74) is 1.23. The molecule has 0 heterocycles. The van der Waals surface area contributed by atoms with Gasteiger partial charge in [0.15, 0.2) is 0 Å². The Balaban J connectivity index is 1.71. The van der Waals surface area contributed by atoms with Gasteiger partial charge in [0.25, 0.3) is 0 Å². The highest BCUT2D eigenvalue weighted by Gasteiger charge is 2.16. The van der Waals surface area contributed by atoms with Crippen LogP contribution in [0, 0.1) is 5.92 Å². The lowest BCUT2D eigenvalue weighted by Crippen LogP contribution is -2.29. The van der Waals surface area contributed by atoms with Crippen LogP contribution in [-0.2, 0) is 6.54 Å². The molecular formula is C17H28N2O. The Kier molecular flexibility index (Phi) is 6.34. The van der Waals surface area contributed by atoms with Gasteiger partial charge in [-0.3, -0.25) is 0 Å². The van der Waals surface area contributed by atoms with Crippen molar-refractivity contribution in [2.24, 2.45) is 5.92 Å². The quantitative estimate of drug-likeness (QED) is 0.790. The number of para-hydroxylation sites is 1. The second-order valence-electron chi connectivity index (χ2n) is 5.90. The van der Waals surface area contributed by atoms with E-state index in [2.05, 4.69) is 35.5 Å². The van der Waals surface area contributed by atoms with Crippen LogP contribution in [0.4, 0.5) is 0 Å². The van der Waals surface area contributed by atoms with Gasteiger partial charge in [-0.2, -0.15) is 0 Å². The molecule has 1 fully saturated rings. The van der Waals surface area contributed by atoms with E-state index in [-0.39, 0.29) is 0 Å². The topological polar surface area (TPSA) is 24.5 Å². The summed E-state index contributed by atoms with van der Waals surface area (Å²) in [6.07, 6.45) is 5.67. The summed E-state index contributed by atoms with van der Waals surface area (Å²) in [6.45, 7) is 3.85. The van der Waals surface area contributed by atoms with Gasteiger partial charge in [0, 0.05) is 25.2 Å². The molecule has 1 N–H and O–H groups in total. The van der Waals surface area contributed by atoms with Gasteiger partial charge >= 0.3 is 0 Å². The standard InChI is InChI=1S/C17H28N2O/c1-18-13-16-9-5-6-10-17(16)20-12-11-19(2)14-15-7-3-4-8-15/h5-6,9-10,15,18H,3-4,7-8,11-14H2,1-2H3. The lowest BCUT2D eigenvalue weighted by molar-refractivity contribution is 0.214. The molecule has 3 heteroatoms. The lowest BCUT2D eigenvalue weighted by Gasteiger charge is -2.21. The van der Waals surface area contributed by atoms with E-state index in [0.29, 0.717) is 0 Å². The van der Waals surface area contributed by atoms with Crippen molar-refractivity contribution in [3.8, 4) is 5.75 Å². The first-order chi connectivity index (χ1) is 9.79. The summed E-state index contributed by atoms with van der Waals surface area (Å²) in [5, 5.41) is 3.18. The Morgan fingerprint density at radius 3 is 2.75 bits per heavy atom. The predicted octanol–water partition coefficient (Wildman–Crippen LogP) is 2.91. The fourth-order valence-corrected chi connectivity index (χ4v) is 3.02. The molecule has 0 amide bonds. The van der Waals surface area contributed by atoms with Gasteiger partial charge in [-0.1, -0.05) is 31.0 Å². The van der Waals surface area contributed by atoms with Crippen molar-refractivity contribution in [2.45, 2.75) is 32.2 Å². The maximum absolute atomic E-state index is 5.94.